The van der Waals surface area contributed by atoms with Crippen LogP contribution in [-0.4, -0.2) is 16.2 Å². The van der Waals surface area contributed by atoms with Gasteiger partial charge in [-0.2, -0.15) is 0 Å². The maximum atomic E-state index is 12.6. The average Bonchev–Trinajstić information content (AvgIpc) is 3.36. The minimum absolute atomic E-state index is 0.391. The summed E-state index contributed by atoms with van der Waals surface area (Å²) in [6, 6.07) is 24.5. The van der Waals surface area contributed by atoms with Crippen LogP contribution in [0, 0.1) is 0 Å². The van der Waals surface area contributed by atoms with Gasteiger partial charge < -0.3 is 9.15 Å². The van der Waals surface area contributed by atoms with E-state index in [9.17, 15) is 4.79 Å². The summed E-state index contributed by atoms with van der Waals surface area (Å²) in [7, 11) is 0. The monoisotopic (exact) mass is 424 g/mol. The lowest BCUT2D eigenvalue weighted by molar-refractivity contribution is 0.0734. The Morgan fingerprint density at radius 3 is 2.03 bits per heavy atom. The van der Waals surface area contributed by atoms with E-state index in [-0.39, 0.29) is 0 Å². The molecule has 1 fully saturated rings. The van der Waals surface area contributed by atoms with Crippen LogP contribution in [0.1, 0.15) is 53.9 Å². The fraction of sp³-hybridized carbons (Fsp3) is 0.222. The molecule has 3 aromatic carbocycles. The summed E-state index contributed by atoms with van der Waals surface area (Å²) in [6.45, 7) is 0. The summed E-state index contributed by atoms with van der Waals surface area (Å²) in [5.74, 6) is 1.66. The minimum atomic E-state index is -0.391. The molecule has 1 aliphatic carbocycles. The molecule has 0 N–H and O–H groups in total. The van der Waals surface area contributed by atoms with Gasteiger partial charge in [0.1, 0.15) is 5.75 Å². The Morgan fingerprint density at radius 1 is 0.750 bits per heavy atom. The summed E-state index contributed by atoms with van der Waals surface area (Å²) < 4.78 is 11.3. The molecule has 0 amide bonds. The molecule has 5 heteroatoms. The summed E-state index contributed by atoms with van der Waals surface area (Å²) in [5.41, 5.74) is 3.41. The third-order valence-electron chi connectivity index (χ3n) is 5.98. The standard InChI is InChI=1S/C27H24N2O3/c30-27(31-24-17-15-20(16-18-24)19-7-3-1-4-8-19)23-13-11-22(12-14-23)26-29-28-25(32-26)21-9-5-2-6-10-21/h2,5-6,9-19H,1,3-4,7-8H2. The largest absolute Gasteiger partial charge is 0.423 e. The van der Waals surface area contributed by atoms with Crippen molar-refractivity contribution in [3.63, 3.8) is 0 Å². The van der Waals surface area contributed by atoms with Crippen molar-refractivity contribution >= 4 is 5.97 Å². The highest BCUT2D eigenvalue weighted by atomic mass is 16.5. The lowest BCUT2D eigenvalue weighted by Crippen LogP contribution is -2.09. The molecule has 5 rings (SSSR count). The van der Waals surface area contributed by atoms with Crippen molar-refractivity contribution in [3.05, 3.63) is 90.0 Å². The van der Waals surface area contributed by atoms with Gasteiger partial charge in [0.05, 0.1) is 5.56 Å². The van der Waals surface area contributed by atoms with E-state index >= 15 is 0 Å². The number of nitrogens with zero attached hydrogens (tertiary/aromatic N) is 2. The quantitative estimate of drug-likeness (QED) is 0.264. The van der Waals surface area contributed by atoms with Crippen LogP contribution >= 0.6 is 0 Å². The maximum absolute atomic E-state index is 12.6. The van der Waals surface area contributed by atoms with Gasteiger partial charge in [-0.15, -0.1) is 10.2 Å². The second kappa shape index (κ2) is 9.18. The van der Waals surface area contributed by atoms with Crippen LogP contribution < -0.4 is 4.74 Å². The molecule has 32 heavy (non-hydrogen) atoms. The number of hydrogen-bond acceptors (Lipinski definition) is 5. The molecule has 0 unspecified atom stereocenters. The van der Waals surface area contributed by atoms with Crippen molar-refractivity contribution in [2.24, 2.45) is 0 Å². The van der Waals surface area contributed by atoms with Crippen LogP contribution in [0.5, 0.6) is 5.75 Å². The van der Waals surface area contributed by atoms with Gasteiger partial charge in [0, 0.05) is 11.1 Å². The normalized spacial score (nSPS) is 14.2. The number of carbonyl (C=O) groups excluding carboxylic acids is 1. The van der Waals surface area contributed by atoms with Gasteiger partial charge in [0.2, 0.25) is 11.8 Å². The van der Waals surface area contributed by atoms with E-state index in [4.69, 9.17) is 9.15 Å². The second-order valence-corrected chi connectivity index (χ2v) is 8.15. The molecule has 5 nitrogen and oxygen atoms in total. The van der Waals surface area contributed by atoms with Crippen LogP contribution in [0.15, 0.2) is 83.3 Å². The molecule has 1 aromatic heterocycles. The van der Waals surface area contributed by atoms with Crippen molar-refractivity contribution in [3.8, 4) is 28.7 Å². The van der Waals surface area contributed by atoms with Gasteiger partial charge in [-0.1, -0.05) is 49.6 Å². The predicted molar refractivity (Wildman–Crippen MR) is 122 cm³/mol. The van der Waals surface area contributed by atoms with Gasteiger partial charge in [-0.3, -0.25) is 0 Å². The number of carbonyl (C=O) groups is 1. The number of ether oxygens (including phenoxy) is 1. The number of aromatic nitrogens is 2. The molecular formula is C27H24N2O3. The fourth-order valence-electron chi connectivity index (χ4n) is 4.20. The van der Waals surface area contributed by atoms with Gasteiger partial charge >= 0.3 is 5.97 Å². The first-order valence-electron chi connectivity index (χ1n) is 11.1. The molecule has 4 aromatic rings. The van der Waals surface area contributed by atoms with Gasteiger partial charge in [0.25, 0.3) is 0 Å². The molecular weight excluding hydrogens is 400 g/mol. The first-order chi connectivity index (χ1) is 15.8. The smallest absolute Gasteiger partial charge is 0.343 e. The van der Waals surface area contributed by atoms with E-state index < -0.39 is 5.97 Å². The third-order valence-corrected chi connectivity index (χ3v) is 5.98. The Kier molecular flexibility index (Phi) is 5.79. The fourth-order valence-corrected chi connectivity index (χ4v) is 4.20. The van der Waals surface area contributed by atoms with E-state index in [1.807, 2.05) is 42.5 Å². The van der Waals surface area contributed by atoms with Crippen molar-refractivity contribution in [1.82, 2.24) is 10.2 Å². The molecule has 0 radical (unpaired) electrons. The summed E-state index contributed by atoms with van der Waals surface area (Å²) in [6.07, 6.45) is 6.44. The van der Waals surface area contributed by atoms with Gasteiger partial charge in [-0.25, -0.2) is 4.79 Å². The van der Waals surface area contributed by atoms with Crippen molar-refractivity contribution in [2.45, 2.75) is 38.0 Å². The Bertz CT molecular complexity index is 1180. The summed E-state index contributed by atoms with van der Waals surface area (Å²) in [5, 5.41) is 8.23. The Labute approximate surface area is 187 Å². The minimum Gasteiger partial charge on any atom is -0.423 e. The van der Waals surface area contributed by atoms with E-state index in [1.54, 1.807) is 24.3 Å². The first kappa shape index (κ1) is 20.2. The molecule has 1 heterocycles. The van der Waals surface area contributed by atoms with E-state index in [0.29, 0.717) is 29.0 Å². The van der Waals surface area contributed by atoms with Crippen LogP contribution in [-0.2, 0) is 0 Å². The Morgan fingerprint density at radius 2 is 1.38 bits per heavy atom. The van der Waals surface area contributed by atoms with Crippen molar-refractivity contribution < 1.29 is 13.9 Å². The summed E-state index contributed by atoms with van der Waals surface area (Å²) >= 11 is 0. The Hall–Kier alpha value is -3.73. The van der Waals surface area contributed by atoms with Crippen LogP contribution in [0.2, 0.25) is 0 Å². The number of esters is 1. The number of rotatable bonds is 5. The van der Waals surface area contributed by atoms with Crippen molar-refractivity contribution in [1.29, 1.82) is 0 Å². The third kappa shape index (κ3) is 4.47. The molecule has 1 aliphatic rings. The van der Waals surface area contributed by atoms with E-state index in [2.05, 4.69) is 22.3 Å². The van der Waals surface area contributed by atoms with Gasteiger partial charge in [0.15, 0.2) is 0 Å². The van der Waals surface area contributed by atoms with Gasteiger partial charge in [-0.05, 0) is 72.9 Å². The predicted octanol–water partition coefficient (Wildman–Crippen LogP) is 6.67. The second-order valence-electron chi connectivity index (χ2n) is 8.15. The topological polar surface area (TPSA) is 65.2 Å². The highest BCUT2D eigenvalue weighted by Gasteiger charge is 2.16. The molecule has 0 bridgehead atoms. The SMILES string of the molecule is O=C(Oc1ccc(C2CCCCC2)cc1)c1ccc(-c2nnc(-c3ccccc3)o2)cc1. The van der Waals surface area contributed by atoms with E-state index in [1.165, 1.54) is 37.7 Å². The lowest BCUT2D eigenvalue weighted by Gasteiger charge is -2.22. The number of benzene rings is 3. The zero-order chi connectivity index (χ0) is 21.8. The molecule has 0 atom stereocenters. The summed E-state index contributed by atoms with van der Waals surface area (Å²) in [4.78, 5) is 12.6. The lowest BCUT2D eigenvalue weighted by atomic mass is 9.84. The van der Waals surface area contributed by atoms with Crippen molar-refractivity contribution in [2.75, 3.05) is 0 Å². The highest BCUT2D eigenvalue weighted by Crippen LogP contribution is 2.33. The molecule has 1 saturated carbocycles. The molecule has 160 valence electrons. The molecule has 0 saturated heterocycles. The molecule has 0 spiro atoms. The Balaban J connectivity index is 1.24. The first-order valence-corrected chi connectivity index (χ1v) is 11.1. The maximum Gasteiger partial charge on any atom is 0.343 e. The van der Waals surface area contributed by atoms with E-state index in [0.717, 1.165) is 11.1 Å². The zero-order valence-corrected chi connectivity index (χ0v) is 17.7. The van der Waals surface area contributed by atoms with Crippen LogP contribution in [0.4, 0.5) is 0 Å². The molecule has 0 aliphatic heterocycles. The number of hydrogen-bond donors (Lipinski definition) is 0. The average molecular weight is 425 g/mol. The van der Waals surface area contributed by atoms with Crippen LogP contribution in [0.3, 0.4) is 0 Å². The van der Waals surface area contributed by atoms with Crippen LogP contribution in [0.25, 0.3) is 22.9 Å². The zero-order valence-electron chi connectivity index (χ0n) is 17.7. The highest BCUT2D eigenvalue weighted by molar-refractivity contribution is 5.91.